The van der Waals surface area contributed by atoms with E-state index in [1.807, 2.05) is 6.92 Å². The molecule has 0 aliphatic carbocycles. The largest absolute Gasteiger partial charge is 0.340 e. The summed E-state index contributed by atoms with van der Waals surface area (Å²) in [5, 5.41) is 0. The number of H-pyrrole nitrogens is 1. The Morgan fingerprint density at radius 3 is 3.12 bits per heavy atom. The summed E-state index contributed by atoms with van der Waals surface area (Å²) in [7, 11) is 0. The maximum absolute atomic E-state index is 4.12. The highest BCUT2D eigenvalue weighted by Gasteiger charge is 2.03. The molecular formula is C10H14N6. The lowest BCUT2D eigenvalue weighted by molar-refractivity contribution is 0.770. The van der Waals surface area contributed by atoms with Crippen molar-refractivity contribution in [1.29, 1.82) is 0 Å². The summed E-state index contributed by atoms with van der Waals surface area (Å²) in [6, 6.07) is 0. The maximum atomic E-state index is 4.12. The molecule has 0 saturated carbocycles. The molecule has 0 amide bonds. The predicted molar refractivity (Wildman–Crippen MR) is 62.7 cm³/mol. The number of aromatic amines is 1. The minimum atomic E-state index is 0.652. The van der Waals surface area contributed by atoms with Gasteiger partial charge in [0.25, 0.3) is 0 Å². The van der Waals surface area contributed by atoms with Crippen molar-refractivity contribution in [3.05, 3.63) is 24.8 Å². The molecule has 2 aromatic rings. The highest BCUT2D eigenvalue weighted by atomic mass is 15.4. The fourth-order valence-corrected chi connectivity index (χ4v) is 1.28. The Morgan fingerprint density at radius 2 is 2.31 bits per heavy atom. The summed E-state index contributed by atoms with van der Waals surface area (Å²) in [4.78, 5) is 15.2. The number of rotatable bonds is 5. The first-order valence-electron chi connectivity index (χ1n) is 5.04. The molecular weight excluding hydrogens is 204 g/mol. The van der Waals surface area contributed by atoms with Crippen LogP contribution in [0, 0.1) is 0 Å². The van der Waals surface area contributed by atoms with E-state index in [4.69, 9.17) is 0 Å². The number of nitrogens with zero attached hydrogens (tertiary/aromatic N) is 3. The van der Waals surface area contributed by atoms with Crippen LogP contribution in [0.1, 0.15) is 13.3 Å². The first-order chi connectivity index (χ1) is 7.77. The van der Waals surface area contributed by atoms with Crippen LogP contribution in [0.15, 0.2) is 24.8 Å². The third kappa shape index (κ3) is 2.34. The van der Waals surface area contributed by atoms with Crippen LogP contribution in [-0.2, 0) is 0 Å². The fourth-order valence-electron chi connectivity index (χ4n) is 1.28. The second kappa shape index (κ2) is 4.71. The number of hydrazine groups is 1. The van der Waals surface area contributed by atoms with Crippen molar-refractivity contribution in [2.75, 3.05) is 12.0 Å². The summed E-state index contributed by atoms with van der Waals surface area (Å²) >= 11 is 0. The Bertz CT molecular complexity index is 489. The zero-order valence-electron chi connectivity index (χ0n) is 9.12. The van der Waals surface area contributed by atoms with Gasteiger partial charge in [0.1, 0.15) is 11.8 Å². The number of aromatic nitrogens is 4. The quantitative estimate of drug-likeness (QED) is 0.400. The molecule has 2 rings (SSSR count). The minimum Gasteiger partial charge on any atom is -0.340 e. The summed E-state index contributed by atoms with van der Waals surface area (Å²) in [5.41, 5.74) is 8.67. The van der Waals surface area contributed by atoms with Gasteiger partial charge in [-0.2, -0.15) is 0 Å². The molecule has 0 aromatic carbocycles. The number of fused-ring (bicyclic) bond motifs is 1. The molecule has 6 heteroatoms. The first kappa shape index (κ1) is 10.6. The van der Waals surface area contributed by atoms with Crippen LogP contribution in [0.2, 0.25) is 0 Å². The molecule has 2 aromatic heterocycles. The van der Waals surface area contributed by atoms with E-state index in [1.165, 1.54) is 6.33 Å². The van der Waals surface area contributed by atoms with Crippen LogP contribution >= 0.6 is 0 Å². The van der Waals surface area contributed by atoms with Gasteiger partial charge < -0.3 is 10.4 Å². The average molecular weight is 218 g/mol. The average Bonchev–Trinajstić information content (AvgIpc) is 2.72. The lowest BCUT2D eigenvalue weighted by Gasteiger charge is -2.07. The molecule has 2 heterocycles. The minimum absolute atomic E-state index is 0.652. The third-order valence-electron chi connectivity index (χ3n) is 2.11. The SMILES string of the molecule is C=C(C)CCNNc1ncnc2nc[nH]c12. The number of anilines is 1. The molecule has 16 heavy (non-hydrogen) atoms. The molecule has 0 radical (unpaired) electrons. The van der Waals surface area contributed by atoms with Crippen molar-refractivity contribution in [3.8, 4) is 0 Å². The van der Waals surface area contributed by atoms with E-state index >= 15 is 0 Å². The van der Waals surface area contributed by atoms with Gasteiger partial charge in [-0.3, -0.25) is 0 Å². The van der Waals surface area contributed by atoms with Gasteiger partial charge in [-0.1, -0.05) is 5.57 Å². The molecule has 0 atom stereocenters. The van der Waals surface area contributed by atoms with Crippen molar-refractivity contribution in [2.45, 2.75) is 13.3 Å². The van der Waals surface area contributed by atoms with Gasteiger partial charge in [-0.15, -0.1) is 6.58 Å². The van der Waals surface area contributed by atoms with Crippen LogP contribution in [-0.4, -0.2) is 26.5 Å². The van der Waals surface area contributed by atoms with E-state index in [2.05, 4.69) is 37.4 Å². The normalized spacial score (nSPS) is 10.6. The standard InChI is InChI=1S/C10H14N6/c1-7(2)3-4-15-16-10-8-9(12-5-11-8)13-6-14-10/h5-6,15H,1,3-4H2,2H3,(H2,11,12,13,14,16). The van der Waals surface area contributed by atoms with Crippen molar-refractivity contribution in [2.24, 2.45) is 0 Å². The Labute approximate surface area is 93.2 Å². The molecule has 0 saturated heterocycles. The smallest absolute Gasteiger partial charge is 0.182 e. The molecule has 0 unspecified atom stereocenters. The molecule has 0 aliphatic rings. The van der Waals surface area contributed by atoms with Crippen molar-refractivity contribution >= 4 is 17.0 Å². The van der Waals surface area contributed by atoms with E-state index in [0.29, 0.717) is 11.5 Å². The molecule has 84 valence electrons. The van der Waals surface area contributed by atoms with E-state index in [0.717, 1.165) is 24.1 Å². The van der Waals surface area contributed by atoms with Gasteiger partial charge in [-0.25, -0.2) is 20.4 Å². The monoisotopic (exact) mass is 218 g/mol. The van der Waals surface area contributed by atoms with Gasteiger partial charge in [0.05, 0.1) is 6.33 Å². The molecule has 0 aliphatic heterocycles. The summed E-state index contributed by atoms with van der Waals surface area (Å²) in [6.45, 7) is 6.63. The highest BCUT2D eigenvalue weighted by Crippen LogP contribution is 2.12. The van der Waals surface area contributed by atoms with E-state index < -0.39 is 0 Å². The van der Waals surface area contributed by atoms with Crippen molar-refractivity contribution < 1.29 is 0 Å². The molecule has 0 spiro atoms. The summed E-state index contributed by atoms with van der Waals surface area (Å²) in [6.07, 6.45) is 3.99. The van der Waals surface area contributed by atoms with E-state index in [9.17, 15) is 0 Å². The van der Waals surface area contributed by atoms with Crippen LogP contribution in [0.3, 0.4) is 0 Å². The Kier molecular flexibility index (Phi) is 3.11. The lowest BCUT2D eigenvalue weighted by Crippen LogP contribution is -2.23. The van der Waals surface area contributed by atoms with Gasteiger partial charge >= 0.3 is 0 Å². The Hall–Kier alpha value is -1.95. The van der Waals surface area contributed by atoms with Crippen LogP contribution in [0.5, 0.6) is 0 Å². The first-order valence-corrected chi connectivity index (χ1v) is 5.04. The van der Waals surface area contributed by atoms with Crippen LogP contribution < -0.4 is 10.9 Å². The molecule has 0 bridgehead atoms. The van der Waals surface area contributed by atoms with Gasteiger partial charge in [0, 0.05) is 6.54 Å². The van der Waals surface area contributed by atoms with Gasteiger partial charge in [-0.05, 0) is 13.3 Å². The predicted octanol–water partition coefficient (Wildman–Crippen LogP) is 1.24. The van der Waals surface area contributed by atoms with Gasteiger partial charge in [0.15, 0.2) is 11.5 Å². The number of hydrogen-bond donors (Lipinski definition) is 3. The van der Waals surface area contributed by atoms with Gasteiger partial charge in [0.2, 0.25) is 0 Å². The van der Waals surface area contributed by atoms with E-state index in [-0.39, 0.29) is 0 Å². The Balaban J connectivity index is 1.98. The maximum Gasteiger partial charge on any atom is 0.182 e. The second-order valence-corrected chi connectivity index (χ2v) is 3.58. The summed E-state index contributed by atoms with van der Waals surface area (Å²) < 4.78 is 0. The number of nitrogens with one attached hydrogen (secondary N) is 3. The van der Waals surface area contributed by atoms with Crippen molar-refractivity contribution in [1.82, 2.24) is 25.4 Å². The fraction of sp³-hybridized carbons (Fsp3) is 0.300. The zero-order chi connectivity index (χ0) is 11.4. The molecule has 0 fully saturated rings. The second-order valence-electron chi connectivity index (χ2n) is 3.58. The number of hydrogen-bond acceptors (Lipinski definition) is 5. The number of imidazole rings is 1. The summed E-state index contributed by atoms with van der Waals surface area (Å²) in [5.74, 6) is 0.698. The Morgan fingerprint density at radius 1 is 1.44 bits per heavy atom. The molecule has 3 N–H and O–H groups in total. The van der Waals surface area contributed by atoms with Crippen LogP contribution in [0.25, 0.3) is 11.2 Å². The van der Waals surface area contributed by atoms with Crippen molar-refractivity contribution in [3.63, 3.8) is 0 Å². The lowest BCUT2D eigenvalue weighted by atomic mass is 10.2. The third-order valence-corrected chi connectivity index (χ3v) is 2.11. The zero-order valence-corrected chi connectivity index (χ0v) is 9.12. The van der Waals surface area contributed by atoms with E-state index in [1.54, 1.807) is 6.33 Å². The topological polar surface area (TPSA) is 78.5 Å². The highest BCUT2D eigenvalue weighted by molar-refractivity contribution is 5.81. The molecule has 6 nitrogen and oxygen atoms in total. The van der Waals surface area contributed by atoms with Crippen LogP contribution in [0.4, 0.5) is 5.82 Å².